The first-order valence-electron chi connectivity index (χ1n) is 23.9. The molecular weight excluding hydrogens is 907 g/mol. The highest BCUT2D eigenvalue weighted by molar-refractivity contribution is 6.42. The van der Waals surface area contributed by atoms with E-state index in [1.54, 1.807) is 18.2 Å². The van der Waals surface area contributed by atoms with E-state index in [2.05, 4.69) is 91.0 Å². The van der Waals surface area contributed by atoms with Gasteiger partial charge in [0.05, 0.1) is 11.1 Å². The van der Waals surface area contributed by atoms with Crippen LogP contribution in [0.5, 0.6) is 0 Å². The van der Waals surface area contributed by atoms with Gasteiger partial charge in [-0.2, -0.15) is 26.3 Å². The van der Waals surface area contributed by atoms with Gasteiger partial charge in [-0.15, -0.1) is 0 Å². The molecule has 72 heavy (non-hydrogen) atoms. The predicted molar refractivity (Wildman–Crippen MR) is 283 cm³/mol. The molecule has 0 amide bonds. The molecule has 0 unspecified atom stereocenters. The van der Waals surface area contributed by atoms with Crippen LogP contribution in [0.25, 0.3) is 154 Å². The maximum absolute atomic E-state index is 14.5. The minimum atomic E-state index is -4.53. The third kappa shape index (κ3) is 5.49. The summed E-state index contributed by atoms with van der Waals surface area (Å²) in [4.78, 5) is 0. The van der Waals surface area contributed by atoms with Crippen LogP contribution in [0.3, 0.4) is 0 Å². The fraction of sp³-hybridized carbons (Fsp3) is 0.0303. The predicted octanol–water partition coefficient (Wildman–Crippen LogP) is 20.0. The standard InChI is InChI=1S/C66H34F6/c67-65(68,69)39-24-22-37(23-25-39)55-42-19-8-7-18-41(42)53(35-12-3-1-4-13-35)61-49-30-26-45-47-27-31-50-60-52(33-29-48(58(47)60)46-28-32-51(63(55)61)59(49)57(45)46)64-56(38-16-11-17-40(34-38)66(70,71)72)44-21-10-9-20-43(44)54(62(50)64)36-14-5-2-6-15-36/h1-34H. The van der Waals surface area contributed by atoms with Crippen molar-refractivity contribution in [3.8, 4) is 89.0 Å². The van der Waals surface area contributed by atoms with E-state index in [1.807, 2.05) is 66.7 Å². The Morgan fingerprint density at radius 2 is 0.528 bits per heavy atom. The summed E-state index contributed by atoms with van der Waals surface area (Å²) in [6, 6.07) is 65.8. The normalized spacial score (nSPS) is 12.9. The lowest BCUT2D eigenvalue weighted by Crippen LogP contribution is -2.04. The molecule has 0 spiro atoms. The second kappa shape index (κ2) is 14.4. The number of benzene rings is 13. The van der Waals surface area contributed by atoms with Crippen molar-refractivity contribution in [2.24, 2.45) is 0 Å². The van der Waals surface area contributed by atoms with E-state index in [0.29, 0.717) is 11.1 Å². The average Bonchev–Trinajstić information content (AvgIpc) is 3.92. The van der Waals surface area contributed by atoms with E-state index >= 15 is 0 Å². The van der Waals surface area contributed by atoms with Crippen LogP contribution in [0.2, 0.25) is 0 Å². The van der Waals surface area contributed by atoms with Gasteiger partial charge in [0, 0.05) is 0 Å². The van der Waals surface area contributed by atoms with Gasteiger partial charge >= 0.3 is 12.4 Å². The summed E-state index contributed by atoms with van der Waals surface area (Å²) in [6.07, 6.45) is -9.01. The molecule has 15 rings (SSSR count). The van der Waals surface area contributed by atoms with Gasteiger partial charge in [0.15, 0.2) is 0 Å². The summed E-state index contributed by atoms with van der Waals surface area (Å²) in [7, 11) is 0. The number of halogens is 6. The van der Waals surface area contributed by atoms with E-state index < -0.39 is 23.5 Å². The number of fused-ring (bicyclic) bond motifs is 10. The summed E-state index contributed by atoms with van der Waals surface area (Å²) >= 11 is 0. The molecule has 0 bridgehead atoms. The zero-order valence-electron chi connectivity index (χ0n) is 37.9. The Morgan fingerprint density at radius 3 is 0.889 bits per heavy atom. The topological polar surface area (TPSA) is 0 Å². The van der Waals surface area contributed by atoms with Crippen molar-refractivity contribution in [3.63, 3.8) is 0 Å². The van der Waals surface area contributed by atoms with Gasteiger partial charge in [0.2, 0.25) is 0 Å². The first-order chi connectivity index (χ1) is 35.0. The van der Waals surface area contributed by atoms with Crippen LogP contribution in [0.15, 0.2) is 206 Å². The van der Waals surface area contributed by atoms with Gasteiger partial charge in [-0.3, -0.25) is 0 Å². The molecule has 0 fully saturated rings. The van der Waals surface area contributed by atoms with Crippen molar-refractivity contribution in [2.75, 3.05) is 0 Å². The number of hydrogen-bond donors (Lipinski definition) is 0. The van der Waals surface area contributed by atoms with Crippen molar-refractivity contribution < 1.29 is 26.3 Å². The Kier molecular flexibility index (Phi) is 8.23. The summed E-state index contributed by atoms with van der Waals surface area (Å²) in [6.45, 7) is 0. The molecule has 6 heteroatoms. The molecule has 0 atom stereocenters. The zero-order valence-corrected chi connectivity index (χ0v) is 37.9. The van der Waals surface area contributed by atoms with Crippen LogP contribution in [0.1, 0.15) is 11.1 Å². The maximum Gasteiger partial charge on any atom is 0.416 e. The van der Waals surface area contributed by atoms with E-state index in [1.165, 1.54) is 24.3 Å². The molecule has 0 heterocycles. The first kappa shape index (κ1) is 41.1. The van der Waals surface area contributed by atoms with Gasteiger partial charge in [-0.05, 0) is 178 Å². The molecule has 0 saturated carbocycles. The van der Waals surface area contributed by atoms with Gasteiger partial charge < -0.3 is 0 Å². The van der Waals surface area contributed by atoms with Crippen LogP contribution < -0.4 is 0 Å². The highest BCUT2D eigenvalue weighted by Gasteiger charge is 2.37. The molecule has 13 aromatic rings. The lowest BCUT2D eigenvalue weighted by Gasteiger charge is -2.21. The van der Waals surface area contributed by atoms with Crippen LogP contribution >= 0.6 is 0 Å². The first-order valence-corrected chi connectivity index (χ1v) is 23.9. The summed E-state index contributed by atoms with van der Waals surface area (Å²) < 4.78 is 85.6. The summed E-state index contributed by atoms with van der Waals surface area (Å²) in [5, 5.41) is 12.4. The second-order valence-electron chi connectivity index (χ2n) is 19.1. The second-order valence-corrected chi connectivity index (χ2v) is 19.1. The Balaban J connectivity index is 1.06. The van der Waals surface area contributed by atoms with Crippen molar-refractivity contribution in [3.05, 3.63) is 217 Å². The number of hydrogen-bond acceptors (Lipinski definition) is 0. The van der Waals surface area contributed by atoms with E-state index in [4.69, 9.17) is 0 Å². The van der Waals surface area contributed by atoms with E-state index in [9.17, 15) is 26.3 Å². The van der Waals surface area contributed by atoms with Gasteiger partial charge in [-0.1, -0.05) is 182 Å². The number of rotatable bonds is 4. The minimum Gasteiger partial charge on any atom is -0.166 e. The molecule has 0 aromatic heterocycles. The number of alkyl halides is 6. The molecule has 340 valence electrons. The Bertz CT molecular complexity index is 4470. The Labute approximate surface area is 408 Å². The third-order valence-electron chi connectivity index (χ3n) is 15.5. The molecule has 0 nitrogen and oxygen atoms in total. The quantitative estimate of drug-likeness (QED) is 0.0937. The molecule has 2 aliphatic rings. The van der Waals surface area contributed by atoms with Crippen LogP contribution in [0, 0.1) is 0 Å². The van der Waals surface area contributed by atoms with Gasteiger partial charge in [0.1, 0.15) is 0 Å². The molecule has 0 radical (unpaired) electrons. The molecule has 13 aromatic carbocycles. The molecular formula is C66H34F6. The van der Waals surface area contributed by atoms with Crippen LogP contribution in [0.4, 0.5) is 26.3 Å². The van der Waals surface area contributed by atoms with Crippen molar-refractivity contribution in [1.82, 2.24) is 0 Å². The summed E-state index contributed by atoms with van der Waals surface area (Å²) in [5.41, 5.74) is 13.7. The van der Waals surface area contributed by atoms with E-state index in [-0.39, 0.29) is 0 Å². The van der Waals surface area contributed by atoms with E-state index in [0.717, 1.165) is 149 Å². The lowest BCUT2D eigenvalue weighted by atomic mass is 9.82. The van der Waals surface area contributed by atoms with Crippen LogP contribution in [-0.2, 0) is 12.4 Å². The average molecular weight is 941 g/mol. The van der Waals surface area contributed by atoms with Crippen molar-refractivity contribution in [1.29, 1.82) is 0 Å². The SMILES string of the molecule is FC(F)(F)c1ccc(-c2c3c(c(-c4ccccc4)c4ccccc24)-c2ccc4c5ccc6c7c(ccc(c8ccc-3c2c48)c75)-c2c-6c(-c3ccccc3)c3ccccc3c2-c2cccc(C(F)(F)F)c2)cc1. The zero-order chi connectivity index (χ0) is 48.4. The highest BCUT2D eigenvalue weighted by Crippen LogP contribution is 2.63. The van der Waals surface area contributed by atoms with Crippen molar-refractivity contribution in [2.45, 2.75) is 12.4 Å². The fourth-order valence-electron chi connectivity index (χ4n) is 12.8. The maximum atomic E-state index is 14.5. The fourth-order valence-corrected chi connectivity index (χ4v) is 12.8. The van der Waals surface area contributed by atoms with Gasteiger partial charge in [-0.25, -0.2) is 0 Å². The molecule has 0 aliphatic heterocycles. The minimum absolute atomic E-state index is 0.501. The highest BCUT2D eigenvalue weighted by atomic mass is 19.4. The monoisotopic (exact) mass is 940 g/mol. The Hall–Kier alpha value is -8.74. The van der Waals surface area contributed by atoms with Crippen LogP contribution in [-0.4, -0.2) is 0 Å². The largest absolute Gasteiger partial charge is 0.416 e. The van der Waals surface area contributed by atoms with Gasteiger partial charge in [0.25, 0.3) is 0 Å². The smallest absolute Gasteiger partial charge is 0.166 e. The molecule has 0 N–H and O–H groups in total. The lowest BCUT2D eigenvalue weighted by molar-refractivity contribution is -0.138. The Morgan fingerprint density at radius 1 is 0.208 bits per heavy atom. The summed E-state index contributed by atoms with van der Waals surface area (Å²) in [5.74, 6) is 0. The third-order valence-corrected chi connectivity index (χ3v) is 15.5. The molecule has 0 saturated heterocycles. The molecule has 2 aliphatic carbocycles. The van der Waals surface area contributed by atoms with Crippen molar-refractivity contribution >= 4 is 64.6 Å².